The van der Waals surface area contributed by atoms with Crippen LogP contribution in [0.4, 0.5) is 0 Å². The summed E-state index contributed by atoms with van der Waals surface area (Å²) in [7, 11) is 0. The van der Waals surface area contributed by atoms with Gasteiger partial charge in [0.25, 0.3) is 0 Å². The maximum absolute atomic E-state index is 14.8. The van der Waals surface area contributed by atoms with E-state index in [1.54, 1.807) is 42.7 Å². The molecule has 7 amide bonds. The number of para-hydroxylation sites is 1. The van der Waals surface area contributed by atoms with Gasteiger partial charge in [0.2, 0.25) is 41.4 Å². The first-order chi connectivity index (χ1) is 33.6. The number of amides is 7. The van der Waals surface area contributed by atoms with Gasteiger partial charge in [-0.05, 0) is 62.6 Å². The minimum absolute atomic E-state index is 0.0140. The van der Waals surface area contributed by atoms with Crippen LogP contribution in [0.2, 0.25) is 0 Å². The number of carbonyl (C=O) groups excluding carboxylic acids is 7. The molecule has 4 heterocycles. The highest BCUT2D eigenvalue weighted by Crippen LogP contribution is 2.25. The Morgan fingerprint density at radius 3 is 2.16 bits per heavy atom. The average molecular weight is 963 g/mol. The van der Waals surface area contributed by atoms with E-state index in [0.717, 1.165) is 29.3 Å². The van der Waals surface area contributed by atoms with Crippen molar-refractivity contribution in [3.63, 3.8) is 0 Å². The summed E-state index contributed by atoms with van der Waals surface area (Å²) in [6.07, 6.45) is 6.81. The number of hydrogen-bond donors (Lipinski definition) is 12. The normalized spacial score (nSPS) is 23.6. The molecule has 13 N–H and O–H groups in total. The molecule has 2 fully saturated rings. The molecule has 4 aromatic rings. The first kappa shape index (κ1) is 51.7. The molecular weight excluding hydrogens is 897 g/mol. The van der Waals surface area contributed by atoms with E-state index >= 15 is 0 Å². The third-order valence-corrected chi connectivity index (χ3v) is 12.6. The molecule has 70 heavy (non-hydrogen) atoms. The number of nitrogens with two attached hydrogens (primary N) is 1. The van der Waals surface area contributed by atoms with Gasteiger partial charge < -0.3 is 63.1 Å². The Labute approximate surface area is 406 Å². The Hall–Kier alpha value is -7.71. The van der Waals surface area contributed by atoms with Gasteiger partial charge in [0.15, 0.2) is 5.96 Å². The monoisotopic (exact) mass is 963 g/mol. The summed E-state index contributed by atoms with van der Waals surface area (Å²) in [5.74, 6) is -4.67. The molecule has 0 radical (unpaired) electrons. The van der Waals surface area contributed by atoms with Crippen molar-refractivity contribution in [3.8, 4) is 0 Å². The summed E-state index contributed by atoms with van der Waals surface area (Å²) in [6, 6.07) is 9.44. The molecule has 374 valence electrons. The van der Waals surface area contributed by atoms with Crippen LogP contribution in [0.5, 0.6) is 0 Å². The number of benzene rings is 2. The molecule has 0 spiro atoms. The predicted molar refractivity (Wildman–Crippen MR) is 262 cm³/mol. The fourth-order valence-electron chi connectivity index (χ4n) is 8.89. The number of carbonyl (C=O) groups is 7. The highest BCUT2D eigenvalue weighted by Gasteiger charge is 2.35. The van der Waals surface area contributed by atoms with Crippen LogP contribution in [0, 0.1) is 5.41 Å². The van der Waals surface area contributed by atoms with Crippen LogP contribution in [0.15, 0.2) is 85.6 Å². The fraction of sp³-hybridized carbons (Fsp3) is 0.449. The summed E-state index contributed by atoms with van der Waals surface area (Å²) in [6.45, 7) is 8.62. The molecule has 0 unspecified atom stereocenters. The largest absolute Gasteiger partial charge is 0.371 e. The molecule has 21 heteroatoms. The van der Waals surface area contributed by atoms with Crippen LogP contribution in [0.3, 0.4) is 0 Å². The summed E-state index contributed by atoms with van der Waals surface area (Å²) in [4.78, 5) is 111. The molecule has 2 aromatic heterocycles. The summed E-state index contributed by atoms with van der Waals surface area (Å²) in [5.41, 5.74) is 8.73. The van der Waals surface area contributed by atoms with E-state index in [1.165, 1.54) is 13.3 Å². The molecule has 0 aliphatic carbocycles. The SMILES string of the molecule is C=C([C@@H]1CC(=O)NCCC[C@H](NC(C)=O)C(=O)N[C@@H](Cc2c[nH]cn2)C(=O)N[C@H](Cc2ccccc2)C(=O)N[C@@H](CCCNC(=N)N)C(=O)N[C@@H](Cc2c[nH]c3ccccc23)C(=O)N1)N1CCC[C@H]1C. The summed E-state index contributed by atoms with van der Waals surface area (Å²) < 4.78 is 0. The number of nitrogens with zero attached hydrogens (tertiary/aromatic N) is 2. The number of likely N-dealkylation sites (tertiary alicyclic amines) is 1. The van der Waals surface area contributed by atoms with Crippen molar-refractivity contribution in [1.82, 2.24) is 62.4 Å². The number of rotatable bonds is 13. The fourth-order valence-corrected chi connectivity index (χ4v) is 8.89. The first-order valence-corrected chi connectivity index (χ1v) is 23.8. The molecule has 0 bridgehead atoms. The number of guanidine groups is 1. The average Bonchev–Trinajstić information content (AvgIpc) is 4.11. The molecule has 21 nitrogen and oxygen atoms in total. The van der Waals surface area contributed by atoms with Crippen molar-refractivity contribution in [3.05, 3.63) is 102 Å². The van der Waals surface area contributed by atoms with E-state index in [4.69, 9.17) is 11.1 Å². The first-order valence-electron chi connectivity index (χ1n) is 23.8. The molecule has 6 rings (SSSR count). The topological polar surface area (TPSA) is 313 Å². The van der Waals surface area contributed by atoms with Crippen LogP contribution in [-0.4, -0.2) is 129 Å². The van der Waals surface area contributed by atoms with Gasteiger partial charge in [-0.3, -0.25) is 39.0 Å². The number of nitrogens with one attached hydrogen (secondary N) is 11. The second kappa shape index (κ2) is 25.1. The zero-order chi connectivity index (χ0) is 50.2. The molecule has 7 atom stereocenters. The van der Waals surface area contributed by atoms with E-state index in [1.807, 2.05) is 31.2 Å². The smallest absolute Gasteiger partial charge is 0.243 e. The van der Waals surface area contributed by atoms with Crippen LogP contribution in [0.1, 0.15) is 75.6 Å². The number of hydrogen-bond acceptors (Lipinski definition) is 10. The quantitative estimate of drug-likeness (QED) is 0.0495. The molecule has 2 saturated heterocycles. The zero-order valence-electron chi connectivity index (χ0n) is 39.7. The van der Waals surface area contributed by atoms with Gasteiger partial charge in [0.1, 0.15) is 30.2 Å². The van der Waals surface area contributed by atoms with E-state index in [9.17, 15) is 33.6 Å². The number of aromatic nitrogens is 3. The Morgan fingerprint density at radius 2 is 1.47 bits per heavy atom. The molecular formula is C49H66N14O7. The zero-order valence-corrected chi connectivity index (χ0v) is 39.7. The van der Waals surface area contributed by atoms with E-state index in [0.29, 0.717) is 23.5 Å². The van der Waals surface area contributed by atoms with Crippen molar-refractivity contribution < 1.29 is 33.6 Å². The molecule has 2 aliphatic rings. The molecule has 2 aromatic carbocycles. The molecule has 2 aliphatic heterocycles. The Morgan fingerprint density at radius 1 is 0.814 bits per heavy atom. The van der Waals surface area contributed by atoms with Gasteiger partial charge in [-0.15, -0.1) is 0 Å². The van der Waals surface area contributed by atoms with Gasteiger partial charge in [0, 0.05) is 80.9 Å². The third kappa shape index (κ3) is 14.9. The van der Waals surface area contributed by atoms with E-state index in [2.05, 4.69) is 69.0 Å². The Kier molecular flexibility index (Phi) is 18.5. The second-order valence-corrected chi connectivity index (χ2v) is 17.9. The third-order valence-electron chi connectivity index (χ3n) is 12.6. The van der Waals surface area contributed by atoms with Crippen molar-refractivity contribution in [2.75, 3.05) is 19.6 Å². The summed E-state index contributed by atoms with van der Waals surface area (Å²) in [5, 5.41) is 31.1. The van der Waals surface area contributed by atoms with Crippen LogP contribution in [0.25, 0.3) is 10.9 Å². The maximum Gasteiger partial charge on any atom is 0.243 e. The minimum Gasteiger partial charge on any atom is -0.371 e. The van der Waals surface area contributed by atoms with Crippen molar-refractivity contribution in [1.29, 1.82) is 5.41 Å². The van der Waals surface area contributed by atoms with Gasteiger partial charge in [-0.2, -0.15) is 0 Å². The Bertz CT molecular complexity index is 2480. The molecule has 0 saturated carbocycles. The van der Waals surface area contributed by atoms with Gasteiger partial charge in [0.05, 0.1) is 24.5 Å². The van der Waals surface area contributed by atoms with E-state index in [-0.39, 0.29) is 76.5 Å². The highest BCUT2D eigenvalue weighted by atomic mass is 16.2. The minimum atomic E-state index is -1.29. The lowest BCUT2D eigenvalue weighted by atomic mass is 10.0. The number of fused-ring (bicyclic) bond motifs is 1. The van der Waals surface area contributed by atoms with Gasteiger partial charge >= 0.3 is 0 Å². The Balaban J connectivity index is 1.39. The van der Waals surface area contributed by atoms with E-state index < -0.39 is 77.6 Å². The number of H-pyrrole nitrogens is 2. The summed E-state index contributed by atoms with van der Waals surface area (Å²) >= 11 is 0. The van der Waals surface area contributed by atoms with Crippen molar-refractivity contribution in [2.24, 2.45) is 5.73 Å². The number of imidazole rings is 1. The lowest BCUT2D eigenvalue weighted by Gasteiger charge is -2.33. The maximum atomic E-state index is 14.8. The van der Waals surface area contributed by atoms with Crippen molar-refractivity contribution in [2.45, 2.75) is 120 Å². The van der Waals surface area contributed by atoms with Crippen LogP contribution in [-0.2, 0) is 52.8 Å². The van der Waals surface area contributed by atoms with Crippen molar-refractivity contribution >= 4 is 58.2 Å². The highest BCUT2D eigenvalue weighted by molar-refractivity contribution is 5.97. The standard InChI is InChI=1S/C49H66N14O7/c1-29-12-11-21-63(29)30(2)39-25-43(65)53-19-9-17-37(57-31(3)64)44(66)62-42(24-34-27-52-28-56-34)48(70)60-40(22-32-13-5-4-6-14-32)46(68)58-38(18-10-20-54-49(50)51)45(67)61-41(47(69)59-39)23-33-26-55-36-16-8-7-15-35(33)36/h4-8,13-16,26-29,37-42,55H,2,9-12,17-25H2,1,3H3,(H,52,56)(H,53,65)(H,57,64)(H,58,68)(H,59,69)(H,60,70)(H,61,67)(H,62,66)(H4,50,51,54)/t29-,37+,38+,39+,40-,41+,42+/m1/s1. The van der Waals surface area contributed by atoms with Crippen LogP contribution < -0.4 is 48.3 Å². The lowest BCUT2D eigenvalue weighted by molar-refractivity contribution is -0.135. The lowest BCUT2D eigenvalue weighted by Crippen LogP contribution is -2.60. The van der Waals surface area contributed by atoms with Gasteiger partial charge in [-0.25, -0.2) is 4.98 Å². The number of aromatic amines is 2. The second-order valence-electron chi connectivity index (χ2n) is 17.9. The predicted octanol–water partition coefficient (Wildman–Crippen LogP) is 0.409. The van der Waals surface area contributed by atoms with Gasteiger partial charge in [-0.1, -0.05) is 55.1 Å². The van der Waals surface area contributed by atoms with Crippen LogP contribution >= 0.6 is 0 Å².